The molecule has 0 aliphatic heterocycles. The van der Waals surface area contributed by atoms with Gasteiger partial charge in [0.1, 0.15) is 0 Å². The maximum atomic E-state index is 12.4. The zero-order valence-electron chi connectivity index (χ0n) is 15.4. The fraction of sp³-hybridized carbons (Fsp3) is 0.211. The van der Waals surface area contributed by atoms with Crippen molar-refractivity contribution in [3.63, 3.8) is 0 Å². The molecule has 0 atom stereocenters. The van der Waals surface area contributed by atoms with Crippen molar-refractivity contribution >= 4 is 22.9 Å². The molecule has 0 saturated heterocycles. The summed E-state index contributed by atoms with van der Waals surface area (Å²) in [5, 5.41) is 19.7. The van der Waals surface area contributed by atoms with E-state index in [0.29, 0.717) is 22.9 Å². The van der Waals surface area contributed by atoms with Gasteiger partial charge < -0.3 is 10.1 Å². The third-order valence-corrected chi connectivity index (χ3v) is 4.59. The molecule has 4 aromatic rings. The second-order valence-electron chi connectivity index (χ2n) is 6.35. The minimum Gasteiger partial charge on any atom is -0.475 e. The van der Waals surface area contributed by atoms with Crippen LogP contribution in [0.15, 0.2) is 47.3 Å². The largest absolute Gasteiger partial charge is 0.475 e. The highest BCUT2D eigenvalue weighted by molar-refractivity contribution is 7.08. The summed E-state index contributed by atoms with van der Waals surface area (Å²) in [6, 6.07) is 9.12. The van der Waals surface area contributed by atoms with Crippen LogP contribution in [0.2, 0.25) is 0 Å². The van der Waals surface area contributed by atoms with Crippen molar-refractivity contribution in [3.05, 3.63) is 58.7 Å². The van der Waals surface area contributed by atoms with Crippen LogP contribution in [0.1, 0.15) is 30.0 Å². The number of carbonyl (C=O) groups is 1. The Hall–Kier alpha value is -3.33. The van der Waals surface area contributed by atoms with Gasteiger partial charge >= 0.3 is 0 Å². The number of thiophene rings is 1. The number of nitrogens with one attached hydrogen (secondary N) is 1. The molecule has 142 valence electrons. The summed E-state index contributed by atoms with van der Waals surface area (Å²) in [5.41, 5.74) is 2.92. The standard InChI is InChI=1S/C19H18N6O2S/c1-12(2)27-18-6-3-13(9-20-18)19(26)21-10-17-23-22-16-5-4-15(24-25(16)17)14-7-8-28-11-14/h3-9,11-12H,10H2,1-2H3,(H,21,26). The Morgan fingerprint density at radius 1 is 1.21 bits per heavy atom. The zero-order chi connectivity index (χ0) is 19.5. The molecule has 0 saturated carbocycles. The Labute approximate surface area is 165 Å². The summed E-state index contributed by atoms with van der Waals surface area (Å²) in [7, 11) is 0. The van der Waals surface area contributed by atoms with Gasteiger partial charge in [-0.3, -0.25) is 4.79 Å². The molecule has 0 aliphatic rings. The number of rotatable bonds is 6. The minimum atomic E-state index is -0.255. The molecular formula is C19H18N6O2S. The van der Waals surface area contributed by atoms with Crippen LogP contribution < -0.4 is 10.1 Å². The first kappa shape index (κ1) is 18.1. The van der Waals surface area contributed by atoms with Gasteiger partial charge in [-0.1, -0.05) is 0 Å². The average molecular weight is 394 g/mol. The average Bonchev–Trinajstić information content (AvgIpc) is 3.36. The number of hydrogen-bond donors (Lipinski definition) is 1. The van der Waals surface area contributed by atoms with Crippen molar-refractivity contribution in [2.45, 2.75) is 26.5 Å². The minimum absolute atomic E-state index is 0.0277. The van der Waals surface area contributed by atoms with E-state index in [1.807, 2.05) is 42.8 Å². The van der Waals surface area contributed by atoms with Gasteiger partial charge in [0.05, 0.1) is 23.9 Å². The van der Waals surface area contributed by atoms with Gasteiger partial charge in [-0.15, -0.1) is 10.2 Å². The molecule has 8 nitrogen and oxygen atoms in total. The quantitative estimate of drug-likeness (QED) is 0.540. The molecule has 0 aliphatic carbocycles. The second-order valence-corrected chi connectivity index (χ2v) is 7.13. The molecule has 4 aromatic heterocycles. The Balaban J connectivity index is 1.47. The molecular weight excluding hydrogens is 376 g/mol. The molecule has 4 rings (SSSR count). The SMILES string of the molecule is CC(C)Oc1ccc(C(=O)NCc2nnc3ccc(-c4ccsc4)nn23)cn1. The number of carbonyl (C=O) groups excluding carboxylic acids is 1. The lowest BCUT2D eigenvalue weighted by atomic mass is 10.2. The maximum absolute atomic E-state index is 12.4. The fourth-order valence-corrected chi connectivity index (χ4v) is 3.24. The molecule has 0 radical (unpaired) electrons. The van der Waals surface area contributed by atoms with Gasteiger partial charge in [0.2, 0.25) is 5.88 Å². The molecule has 1 amide bonds. The predicted octanol–water partition coefficient (Wildman–Crippen LogP) is 2.97. The molecule has 0 spiro atoms. The van der Waals surface area contributed by atoms with Crippen LogP contribution in [0.5, 0.6) is 5.88 Å². The first-order valence-corrected chi connectivity index (χ1v) is 9.69. The van der Waals surface area contributed by atoms with Crippen LogP contribution in [-0.2, 0) is 6.54 Å². The fourth-order valence-electron chi connectivity index (χ4n) is 2.59. The number of pyridine rings is 1. The molecule has 1 N–H and O–H groups in total. The van der Waals surface area contributed by atoms with Crippen LogP contribution in [0.25, 0.3) is 16.9 Å². The van der Waals surface area contributed by atoms with E-state index in [0.717, 1.165) is 11.3 Å². The van der Waals surface area contributed by atoms with Gasteiger partial charge in [0.15, 0.2) is 11.5 Å². The summed E-state index contributed by atoms with van der Waals surface area (Å²) in [4.78, 5) is 16.5. The molecule has 0 bridgehead atoms. The third kappa shape index (κ3) is 3.84. The number of hydrogen-bond acceptors (Lipinski definition) is 7. The zero-order valence-corrected chi connectivity index (χ0v) is 16.2. The number of nitrogens with zero attached hydrogens (tertiary/aromatic N) is 5. The molecule has 28 heavy (non-hydrogen) atoms. The predicted molar refractivity (Wildman–Crippen MR) is 105 cm³/mol. The van der Waals surface area contributed by atoms with E-state index in [9.17, 15) is 4.79 Å². The topological polar surface area (TPSA) is 94.3 Å². The van der Waals surface area contributed by atoms with Gasteiger partial charge in [0.25, 0.3) is 5.91 Å². The van der Waals surface area contributed by atoms with Gasteiger partial charge in [-0.2, -0.15) is 21.0 Å². The molecule has 0 fully saturated rings. The Morgan fingerprint density at radius 2 is 2.11 bits per heavy atom. The summed E-state index contributed by atoms with van der Waals surface area (Å²) >= 11 is 1.61. The highest BCUT2D eigenvalue weighted by Gasteiger charge is 2.12. The summed E-state index contributed by atoms with van der Waals surface area (Å²) in [6.45, 7) is 4.04. The van der Waals surface area contributed by atoms with Crippen LogP contribution in [0.4, 0.5) is 0 Å². The van der Waals surface area contributed by atoms with E-state index in [1.54, 1.807) is 28.0 Å². The lowest BCUT2D eigenvalue weighted by Crippen LogP contribution is -2.24. The van der Waals surface area contributed by atoms with Crippen molar-refractivity contribution in [2.24, 2.45) is 0 Å². The second kappa shape index (κ2) is 7.73. The van der Waals surface area contributed by atoms with Crippen molar-refractivity contribution in [1.29, 1.82) is 0 Å². The van der Waals surface area contributed by atoms with E-state index in [1.165, 1.54) is 6.20 Å². The molecule has 4 heterocycles. The van der Waals surface area contributed by atoms with E-state index in [2.05, 4.69) is 25.6 Å². The highest BCUT2D eigenvalue weighted by Crippen LogP contribution is 2.20. The van der Waals surface area contributed by atoms with Gasteiger partial charge in [-0.05, 0) is 43.5 Å². The Bertz CT molecular complexity index is 1090. The maximum Gasteiger partial charge on any atom is 0.253 e. The summed E-state index contributed by atoms with van der Waals surface area (Å²) < 4.78 is 7.13. The Kier molecular flexibility index (Phi) is 4.98. The van der Waals surface area contributed by atoms with Crippen molar-refractivity contribution < 1.29 is 9.53 Å². The lowest BCUT2D eigenvalue weighted by Gasteiger charge is -2.09. The highest BCUT2D eigenvalue weighted by atomic mass is 32.1. The van der Waals surface area contributed by atoms with Crippen molar-refractivity contribution in [2.75, 3.05) is 0 Å². The number of amides is 1. The number of fused-ring (bicyclic) bond motifs is 1. The summed E-state index contributed by atoms with van der Waals surface area (Å²) in [5.74, 6) is 0.780. The normalized spacial score (nSPS) is 11.1. The van der Waals surface area contributed by atoms with Crippen LogP contribution in [0, 0.1) is 0 Å². The monoisotopic (exact) mass is 394 g/mol. The molecule has 0 unspecified atom stereocenters. The lowest BCUT2D eigenvalue weighted by molar-refractivity contribution is 0.0949. The van der Waals surface area contributed by atoms with E-state index in [4.69, 9.17) is 4.74 Å². The molecule has 0 aromatic carbocycles. The van der Waals surface area contributed by atoms with Gasteiger partial charge in [0, 0.05) is 23.2 Å². The summed E-state index contributed by atoms with van der Waals surface area (Å²) in [6.07, 6.45) is 1.52. The van der Waals surface area contributed by atoms with E-state index >= 15 is 0 Å². The Morgan fingerprint density at radius 3 is 2.82 bits per heavy atom. The first-order valence-electron chi connectivity index (χ1n) is 8.75. The van der Waals surface area contributed by atoms with Crippen LogP contribution >= 0.6 is 11.3 Å². The number of ether oxygens (including phenoxy) is 1. The van der Waals surface area contributed by atoms with E-state index in [-0.39, 0.29) is 18.6 Å². The van der Waals surface area contributed by atoms with Crippen molar-refractivity contribution in [1.82, 2.24) is 30.1 Å². The van der Waals surface area contributed by atoms with Gasteiger partial charge in [-0.25, -0.2) is 4.98 Å². The molecule has 9 heteroatoms. The number of aromatic nitrogens is 5. The van der Waals surface area contributed by atoms with Crippen molar-refractivity contribution in [3.8, 4) is 17.1 Å². The first-order chi connectivity index (χ1) is 13.6. The van der Waals surface area contributed by atoms with E-state index < -0.39 is 0 Å². The smallest absolute Gasteiger partial charge is 0.253 e. The van der Waals surface area contributed by atoms with Crippen LogP contribution in [0.3, 0.4) is 0 Å². The third-order valence-electron chi connectivity index (χ3n) is 3.91. The van der Waals surface area contributed by atoms with Crippen LogP contribution in [-0.4, -0.2) is 36.8 Å².